The van der Waals surface area contributed by atoms with Gasteiger partial charge in [0, 0.05) is 24.3 Å². The van der Waals surface area contributed by atoms with Crippen molar-refractivity contribution in [1.29, 1.82) is 0 Å². The van der Waals surface area contributed by atoms with Gasteiger partial charge in [-0.05, 0) is 31.4 Å². The van der Waals surface area contributed by atoms with E-state index in [1.807, 2.05) is 24.0 Å². The summed E-state index contributed by atoms with van der Waals surface area (Å²) >= 11 is 0. The molecule has 2 N–H and O–H groups in total. The second kappa shape index (κ2) is 3.04. The number of rotatable bonds is 1. The fourth-order valence-electron chi connectivity index (χ4n) is 2.50. The van der Waals surface area contributed by atoms with Crippen LogP contribution in [0.25, 0.3) is 0 Å². The van der Waals surface area contributed by atoms with Gasteiger partial charge in [-0.1, -0.05) is 6.07 Å². The number of aryl methyl sites for hydroxylation is 1. The van der Waals surface area contributed by atoms with Crippen molar-refractivity contribution in [1.82, 2.24) is 9.88 Å². The summed E-state index contributed by atoms with van der Waals surface area (Å²) < 4.78 is 0. The molecule has 2 fully saturated rings. The molecule has 1 saturated heterocycles. The maximum Gasteiger partial charge on any atom is 0.272 e. The maximum absolute atomic E-state index is 12.1. The Bertz CT molecular complexity index is 459. The molecule has 0 bridgehead atoms. The molecule has 1 aromatic rings. The van der Waals surface area contributed by atoms with Gasteiger partial charge in [-0.3, -0.25) is 4.79 Å². The molecule has 16 heavy (non-hydrogen) atoms. The Kier molecular flexibility index (Phi) is 1.86. The molecule has 2 atom stereocenters. The van der Waals surface area contributed by atoms with E-state index >= 15 is 0 Å². The van der Waals surface area contributed by atoms with Gasteiger partial charge in [-0.2, -0.15) is 0 Å². The van der Waals surface area contributed by atoms with Crippen LogP contribution in [-0.4, -0.2) is 34.4 Å². The van der Waals surface area contributed by atoms with Crippen LogP contribution in [0.4, 0.5) is 0 Å². The molecule has 84 valence electrons. The average Bonchev–Trinajstić information content (AvgIpc) is 2.76. The normalized spacial score (nSPS) is 31.4. The van der Waals surface area contributed by atoms with E-state index in [-0.39, 0.29) is 11.4 Å². The first-order valence-corrected chi connectivity index (χ1v) is 5.60. The zero-order valence-corrected chi connectivity index (χ0v) is 9.31. The number of aromatic nitrogens is 1. The van der Waals surface area contributed by atoms with Gasteiger partial charge in [0.1, 0.15) is 5.69 Å². The number of carbonyl (C=O) groups excluding carboxylic acids is 1. The van der Waals surface area contributed by atoms with Crippen molar-refractivity contribution in [3.63, 3.8) is 0 Å². The van der Waals surface area contributed by atoms with Crippen molar-refractivity contribution < 1.29 is 4.79 Å². The lowest BCUT2D eigenvalue weighted by molar-refractivity contribution is 0.0766. The van der Waals surface area contributed by atoms with Gasteiger partial charge < -0.3 is 10.6 Å². The predicted molar refractivity (Wildman–Crippen MR) is 59.9 cm³/mol. The molecule has 2 heterocycles. The number of fused-ring (bicyclic) bond motifs is 1. The van der Waals surface area contributed by atoms with Gasteiger partial charge in [-0.25, -0.2) is 4.98 Å². The van der Waals surface area contributed by atoms with Crippen LogP contribution in [0.15, 0.2) is 18.2 Å². The summed E-state index contributed by atoms with van der Waals surface area (Å²) in [6.45, 7) is 3.37. The predicted octanol–water partition coefficient (Wildman–Crippen LogP) is 0.563. The Labute approximate surface area is 94.5 Å². The number of carbonyl (C=O) groups is 1. The SMILES string of the molecule is Cc1cccc(C(=O)N2C[C@H]3C[C@]3(N)C2)n1. The molecule has 0 radical (unpaired) electrons. The standard InChI is InChI=1S/C12H15N3O/c1-8-3-2-4-10(14-8)11(16)15-6-9-5-12(9,13)7-15/h2-4,9H,5-7,13H2,1H3/t9-,12+/m1/s1. The molecular formula is C12H15N3O. The zero-order chi connectivity index (χ0) is 11.3. The minimum Gasteiger partial charge on any atom is -0.335 e. The molecule has 1 saturated carbocycles. The monoisotopic (exact) mass is 217 g/mol. The molecule has 1 aromatic heterocycles. The van der Waals surface area contributed by atoms with E-state index in [2.05, 4.69) is 4.98 Å². The lowest BCUT2D eigenvalue weighted by atomic mass is 10.2. The van der Waals surface area contributed by atoms with Crippen LogP contribution in [0.1, 0.15) is 22.6 Å². The van der Waals surface area contributed by atoms with E-state index in [1.54, 1.807) is 6.07 Å². The maximum atomic E-state index is 12.1. The summed E-state index contributed by atoms with van der Waals surface area (Å²) in [7, 11) is 0. The van der Waals surface area contributed by atoms with Gasteiger partial charge in [-0.15, -0.1) is 0 Å². The molecule has 4 heteroatoms. The first kappa shape index (κ1) is 9.78. The number of nitrogens with two attached hydrogens (primary N) is 1. The molecule has 0 unspecified atom stereocenters. The molecule has 0 spiro atoms. The summed E-state index contributed by atoms with van der Waals surface area (Å²) in [5, 5.41) is 0. The Morgan fingerprint density at radius 3 is 3.06 bits per heavy atom. The summed E-state index contributed by atoms with van der Waals surface area (Å²) in [5.74, 6) is 0.530. The van der Waals surface area contributed by atoms with Crippen LogP contribution in [0.5, 0.6) is 0 Å². The number of hydrogen-bond donors (Lipinski definition) is 1. The second-order valence-electron chi connectivity index (χ2n) is 4.98. The van der Waals surface area contributed by atoms with E-state index in [4.69, 9.17) is 5.73 Å². The molecule has 1 aliphatic heterocycles. The Morgan fingerprint density at radius 2 is 2.44 bits per heavy atom. The van der Waals surface area contributed by atoms with Gasteiger partial charge >= 0.3 is 0 Å². The fourth-order valence-corrected chi connectivity index (χ4v) is 2.50. The highest BCUT2D eigenvalue weighted by molar-refractivity contribution is 5.92. The Morgan fingerprint density at radius 1 is 1.62 bits per heavy atom. The number of nitrogens with zero attached hydrogens (tertiary/aromatic N) is 2. The summed E-state index contributed by atoms with van der Waals surface area (Å²) in [6, 6.07) is 5.52. The van der Waals surface area contributed by atoms with E-state index in [1.165, 1.54) is 0 Å². The molecule has 1 aliphatic carbocycles. The van der Waals surface area contributed by atoms with Crippen LogP contribution in [0, 0.1) is 12.8 Å². The van der Waals surface area contributed by atoms with Gasteiger partial charge in [0.15, 0.2) is 0 Å². The third-order valence-corrected chi connectivity index (χ3v) is 3.60. The molecule has 2 aliphatic rings. The number of pyridine rings is 1. The van der Waals surface area contributed by atoms with Gasteiger partial charge in [0.25, 0.3) is 5.91 Å². The number of hydrogen-bond acceptors (Lipinski definition) is 3. The van der Waals surface area contributed by atoms with Crippen molar-refractivity contribution in [3.05, 3.63) is 29.6 Å². The van der Waals surface area contributed by atoms with Crippen molar-refractivity contribution in [2.24, 2.45) is 11.7 Å². The highest BCUT2D eigenvalue weighted by atomic mass is 16.2. The average molecular weight is 217 g/mol. The quantitative estimate of drug-likeness (QED) is 0.748. The smallest absolute Gasteiger partial charge is 0.272 e. The highest BCUT2D eigenvalue weighted by Gasteiger charge is 2.58. The minimum absolute atomic E-state index is 0.0146. The lowest BCUT2D eigenvalue weighted by Gasteiger charge is -2.18. The Hall–Kier alpha value is -1.42. The molecule has 0 aromatic carbocycles. The third kappa shape index (κ3) is 1.41. The van der Waals surface area contributed by atoms with Crippen molar-refractivity contribution >= 4 is 5.91 Å². The van der Waals surface area contributed by atoms with E-state index < -0.39 is 0 Å². The minimum atomic E-state index is -0.0838. The van der Waals surface area contributed by atoms with Crippen LogP contribution >= 0.6 is 0 Å². The van der Waals surface area contributed by atoms with E-state index in [0.29, 0.717) is 18.2 Å². The first-order valence-electron chi connectivity index (χ1n) is 5.60. The third-order valence-electron chi connectivity index (χ3n) is 3.60. The number of piperidine rings is 1. The largest absolute Gasteiger partial charge is 0.335 e. The van der Waals surface area contributed by atoms with Crippen molar-refractivity contribution in [2.75, 3.05) is 13.1 Å². The van der Waals surface area contributed by atoms with E-state index in [9.17, 15) is 4.79 Å². The van der Waals surface area contributed by atoms with Gasteiger partial charge in [0.2, 0.25) is 0 Å². The number of amides is 1. The topological polar surface area (TPSA) is 59.2 Å². The highest BCUT2D eigenvalue weighted by Crippen LogP contribution is 2.47. The summed E-state index contributed by atoms with van der Waals surface area (Å²) in [4.78, 5) is 18.2. The second-order valence-corrected chi connectivity index (χ2v) is 4.98. The summed E-state index contributed by atoms with van der Waals surface area (Å²) in [5.41, 5.74) is 7.40. The Balaban J connectivity index is 1.79. The fraction of sp³-hybridized carbons (Fsp3) is 0.500. The van der Waals surface area contributed by atoms with Crippen LogP contribution < -0.4 is 5.73 Å². The first-order chi connectivity index (χ1) is 7.58. The lowest BCUT2D eigenvalue weighted by Crippen LogP contribution is -2.37. The van der Waals surface area contributed by atoms with Crippen LogP contribution in [0.2, 0.25) is 0 Å². The van der Waals surface area contributed by atoms with Crippen LogP contribution in [-0.2, 0) is 0 Å². The molecule has 3 rings (SSSR count). The van der Waals surface area contributed by atoms with E-state index in [0.717, 1.165) is 18.7 Å². The van der Waals surface area contributed by atoms with Crippen molar-refractivity contribution in [3.8, 4) is 0 Å². The molecule has 1 amide bonds. The summed E-state index contributed by atoms with van der Waals surface area (Å²) in [6.07, 6.45) is 1.07. The van der Waals surface area contributed by atoms with Gasteiger partial charge in [0.05, 0.1) is 0 Å². The van der Waals surface area contributed by atoms with Crippen LogP contribution in [0.3, 0.4) is 0 Å². The molecule has 4 nitrogen and oxygen atoms in total. The van der Waals surface area contributed by atoms with Crippen molar-refractivity contribution in [2.45, 2.75) is 18.9 Å². The number of likely N-dealkylation sites (tertiary alicyclic amines) is 1. The zero-order valence-electron chi connectivity index (χ0n) is 9.31. The molecular weight excluding hydrogens is 202 g/mol.